The fourth-order valence-electron chi connectivity index (χ4n) is 1.49. The lowest BCUT2D eigenvalue weighted by Crippen LogP contribution is -2.05. The Labute approximate surface area is 98.0 Å². The zero-order chi connectivity index (χ0) is 11.4. The van der Waals surface area contributed by atoms with Crippen molar-refractivity contribution in [3.05, 3.63) is 52.7 Å². The molecule has 2 N–H and O–H groups in total. The van der Waals surface area contributed by atoms with Gasteiger partial charge in [0, 0.05) is 6.08 Å². The average Bonchev–Trinajstić information content (AvgIpc) is 2.80. The van der Waals surface area contributed by atoms with Gasteiger partial charge < -0.3 is 5.73 Å². The van der Waals surface area contributed by atoms with Gasteiger partial charge in [-0.2, -0.15) is 11.3 Å². The fraction of sp³-hybridized carbons (Fsp3) is 0. The largest absolute Gasteiger partial charge is 0.366 e. The molecule has 3 heteroatoms. The third-order valence-corrected chi connectivity index (χ3v) is 2.90. The van der Waals surface area contributed by atoms with E-state index in [0.29, 0.717) is 0 Å². The number of carbonyl (C=O) groups is 1. The number of primary amides is 1. The maximum atomic E-state index is 10.7. The molecule has 2 rings (SSSR count). The molecule has 0 aliphatic carbocycles. The molecule has 0 radical (unpaired) electrons. The molecule has 0 fully saturated rings. The molecule has 2 aromatic rings. The van der Waals surface area contributed by atoms with Crippen molar-refractivity contribution in [2.45, 2.75) is 0 Å². The Morgan fingerprint density at radius 3 is 2.75 bits per heavy atom. The molecule has 1 heterocycles. The lowest BCUT2D eigenvalue weighted by atomic mass is 10.0. The quantitative estimate of drug-likeness (QED) is 0.808. The number of amides is 1. The molecule has 1 aromatic carbocycles. The predicted octanol–water partition coefficient (Wildman–Crippen LogP) is 2.91. The Morgan fingerprint density at radius 2 is 2.06 bits per heavy atom. The molecule has 0 aliphatic heterocycles. The highest BCUT2D eigenvalue weighted by molar-refractivity contribution is 7.08. The van der Waals surface area contributed by atoms with E-state index in [9.17, 15) is 4.79 Å². The van der Waals surface area contributed by atoms with Gasteiger partial charge in [-0.15, -0.1) is 0 Å². The first kappa shape index (κ1) is 10.6. The zero-order valence-electron chi connectivity index (χ0n) is 8.59. The highest BCUT2D eigenvalue weighted by Gasteiger charge is 2.01. The Morgan fingerprint density at radius 1 is 1.25 bits per heavy atom. The van der Waals surface area contributed by atoms with Gasteiger partial charge in [0.25, 0.3) is 0 Å². The maximum absolute atomic E-state index is 10.7. The van der Waals surface area contributed by atoms with Crippen LogP contribution in [-0.2, 0) is 4.79 Å². The zero-order valence-corrected chi connectivity index (χ0v) is 9.41. The van der Waals surface area contributed by atoms with E-state index in [4.69, 9.17) is 5.73 Å². The van der Waals surface area contributed by atoms with Crippen molar-refractivity contribution in [3.8, 4) is 11.1 Å². The Kier molecular flexibility index (Phi) is 3.17. The summed E-state index contributed by atoms with van der Waals surface area (Å²) in [5.74, 6) is -0.430. The maximum Gasteiger partial charge on any atom is 0.241 e. The number of thiophene rings is 1. The second kappa shape index (κ2) is 4.77. The van der Waals surface area contributed by atoms with E-state index in [2.05, 4.69) is 11.4 Å². The molecule has 1 aromatic heterocycles. The molecular weight excluding hydrogens is 218 g/mol. The molecular formula is C13H11NOS. The molecule has 0 saturated carbocycles. The van der Waals surface area contributed by atoms with Gasteiger partial charge in [-0.05, 0) is 39.6 Å². The van der Waals surface area contributed by atoms with Crippen molar-refractivity contribution in [1.29, 1.82) is 0 Å². The summed E-state index contributed by atoms with van der Waals surface area (Å²) in [7, 11) is 0. The number of rotatable bonds is 3. The van der Waals surface area contributed by atoms with Crippen molar-refractivity contribution in [1.82, 2.24) is 0 Å². The van der Waals surface area contributed by atoms with E-state index in [1.807, 2.05) is 29.6 Å². The first-order chi connectivity index (χ1) is 7.77. The standard InChI is InChI=1S/C13H11NOS/c14-13(15)6-5-10-3-1-2-4-12(10)11-7-8-16-9-11/h1-9H,(H2,14,15)/b6-5-. The molecule has 0 bridgehead atoms. The summed E-state index contributed by atoms with van der Waals surface area (Å²) in [6, 6.07) is 9.97. The number of hydrogen-bond donors (Lipinski definition) is 1. The van der Waals surface area contributed by atoms with Gasteiger partial charge in [-0.3, -0.25) is 4.79 Å². The first-order valence-corrected chi connectivity index (χ1v) is 5.81. The van der Waals surface area contributed by atoms with Crippen LogP contribution in [-0.4, -0.2) is 5.91 Å². The van der Waals surface area contributed by atoms with Crippen LogP contribution in [0.4, 0.5) is 0 Å². The van der Waals surface area contributed by atoms with Gasteiger partial charge in [0.05, 0.1) is 0 Å². The van der Waals surface area contributed by atoms with Gasteiger partial charge >= 0.3 is 0 Å². The highest BCUT2D eigenvalue weighted by atomic mass is 32.1. The molecule has 80 valence electrons. The van der Waals surface area contributed by atoms with Gasteiger partial charge in [0.1, 0.15) is 0 Å². The molecule has 1 amide bonds. The van der Waals surface area contributed by atoms with Crippen LogP contribution in [0, 0.1) is 0 Å². The summed E-state index contributed by atoms with van der Waals surface area (Å²) >= 11 is 1.65. The highest BCUT2D eigenvalue weighted by Crippen LogP contribution is 2.26. The van der Waals surface area contributed by atoms with Crippen LogP contribution in [0.1, 0.15) is 5.56 Å². The van der Waals surface area contributed by atoms with Gasteiger partial charge in [0.2, 0.25) is 5.91 Å². The summed E-state index contributed by atoms with van der Waals surface area (Å²) in [4.78, 5) is 10.7. The van der Waals surface area contributed by atoms with Gasteiger partial charge in [-0.1, -0.05) is 24.3 Å². The molecule has 16 heavy (non-hydrogen) atoms. The van der Waals surface area contributed by atoms with Crippen LogP contribution >= 0.6 is 11.3 Å². The van der Waals surface area contributed by atoms with Crippen LogP contribution in [0.15, 0.2) is 47.2 Å². The third-order valence-electron chi connectivity index (χ3n) is 2.22. The van der Waals surface area contributed by atoms with E-state index in [1.165, 1.54) is 6.08 Å². The SMILES string of the molecule is NC(=O)/C=C\c1ccccc1-c1ccsc1. The van der Waals surface area contributed by atoms with E-state index in [0.717, 1.165) is 16.7 Å². The smallest absolute Gasteiger partial charge is 0.241 e. The van der Waals surface area contributed by atoms with Crippen LogP contribution < -0.4 is 5.73 Å². The normalized spacial score (nSPS) is 10.8. The van der Waals surface area contributed by atoms with Crippen LogP contribution in [0.3, 0.4) is 0 Å². The lowest BCUT2D eigenvalue weighted by Gasteiger charge is -2.02. The molecule has 0 spiro atoms. The minimum Gasteiger partial charge on any atom is -0.366 e. The predicted molar refractivity (Wildman–Crippen MR) is 68.0 cm³/mol. The monoisotopic (exact) mass is 229 g/mol. The van der Waals surface area contributed by atoms with Crippen molar-refractivity contribution >= 4 is 23.3 Å². The fourth-order valence-corrected chi connectivity index (χ4v) is 2.15. The Hall–Kier alpha value is -1.87. The topological polar surface area (TPSA) is 43.1 Å². The van der Waals surface area contributed by atoms with E-state index < -0.39 is 5.91 Å². The van der Waals surface area contributed by atoms with Gasteiger partial charge in [0.15, 0.2) is 0 Å². The van der Waals surface area contributed by atoms with Crippen molar-refractivity contribution < 1.29 is 4.79 Å². The minimum absolute atomic E-state index is 0.430. The molecule has 0 saturated heterocycles. The second-order valence-electron chi connectivity index (χ2n) is 3.33. The number of hydrogen-bond acceptors (Lipinski definition) is 2. The van der Waals surface area contributed by atoms with Crippen molar-refractivity contribution in [2.75, 3.05) is 0 Å². The van der Waals surface area contributed by atoms with Crippen LogP contribution in [0.2, 0.25) is 0 Å². The number of benzene rings is 1. The second-order valence-corrected chi connectivity index (χ2v) is 4.12. The Bertz CT molecular complexity index is 514. The molecule has 0 atom stereocenters. The summed E-state index contributed by atoms with van der Waals surface area (Å²) in [5.41, 5.74) is 8.36. The van der Waals surface area contributed by atoms with Crippen LogP contribution in [0.5, 0.6) is 0 Å². The summed E-state index contributed by atoms with van der Waals surface area (Å²) in [5, 5.41) is 4.11. The van der Waals surface area contributed by atoms with Crippen molar-refractivity contribution in [2.24, 2.45) is 5.73 Å². The number of nitrogens with two attached hydrogens (primary N) is 1. The third kappa shape index (κ3) is 2.38. The van der Waals surface area contributed by atoms with Crippen molar-refractivity contribution in [3.63, 3.8) is 0 Å². The average molecular weight is 229 g/mol. The van der Waals surface area contributed by atoms with E-state index in [-0.39, 0.29) is 0 Å². The summed E-state index contributed by atoms with van der Waals surface area (Å²) in [6.45, 7) is 0. The van der Waals surface area contributed by atoms with E-state index in [1.54, 1.807) is 17.4 Å². The van der Waals surface area contributed by atoms with E-state index >= 15 is 0 Å². The Balaban J connectivity index is 2.42. The molecule has 0 aliphatic rings. The number of carbonyl (C=O) groups excluding carboxylic acids is 1. The summed E-state index contributed by atoms with van der Waals surface area (Å²) < 4.78 is 0. The molecule has 0 unspecified atom stereocenters. The van der Waals surface area contributed by atoms with Gasteiger partial charge in [-0.25, -0.2) is 0 Å². The first-order valence-electron chi connectivity index (χ1n) is 4.86. The summed E-state index contributed by atoms with van der Waals surface area (Å²) in [6.07, 6.45) is 3.13. The van der Waals surface area contributed by atoms with Crippen LogP contribution in [0.25, 0.3) is 17.2 Å². The minimum atomic E-state index is -0.430. The lowest BCUT2D eigenvalue weighted by molar-refractivity contribution is -0.113. The molecule has 2 nitrogen and oxygen atoms in total.